The van der Waals surface area contributed by atoms with E-state index in [4.69, 9.17) is 0 Å². The quantitative estimate of drug-likeness (QED) is 0.214. The number of benzene rings is 1. The van der Waals surface area contributed by atoms with Crippen molar-refractivity contribution in [2.75, 3.05) is 0 Å². The Kier molecular flexibility index (Phi) is 31.5. The van der Waals surface area contributed by atoms with Crippen LogP contribution in [0.5, 0.6) is 0 Å². The van der Waals surface area contributed by atoms with Gasteiger partial charge in [-0.25, -0.2) is 0 Å². The SMILES string of the molecule is [Cs+].[Cs+].[Cs+].[PH-][NH2+]c1cc[c-]cc1. The van der Waals surface area contributed by atoms with Gasteiger partial charge in [-0.1, -0.05) is 0 Å². The molecule has 0 aliphatic heterocycles. The molecule has 0 heterocycles. The van der Waals surface area contributed by atoms with Crippen molar-refractivity contribution in [1.82, 2.24) is 0 Å². The van der Waals surface area contributed by atoms with E-state index in [2.05, 4.69) is 15.5 Å². The van der Waals surface area contributed by atoms with Gasteiger partial charge in [0, 0.05) is 0 Å². The average Bonchev–Trinajstić information content (AvgIpc) is 1.90. The van der Waals surface area contributed by atoms with E-state index in [0.717, 1.165) is 0 Å². The van der Waals surface area contributed by atoms with Crippen molar-refractivity contribution in [3.05, 3.63) is 30.3 Å². The van der Waals surface area contributed by atoms with Gasteiger partial charge in [-0.15, -0.1) is 12.1 Å². The minimum absolute atomic E-state index is 0. The van der Waals surface area contributed by atoms with E-state index < -0.39 is 0 Å². The number of hydrogen-bond acceptors (Lipinski definition) is 0. The summed E-state index contributed by atoms with van der Waals surface area (Å²) in [5.41, 5.74) is 1.17. The van der Waals surface area contributed by atoms with Gasteiger partial charge in [-0.3, -0.25) is 9.39 Å². The Morgan fingerprint density at radius 3 is 1.82 bits per heavy atom. The molecule has 0 amide bonds. The van der Waals surface area contributed by atoms with Gasteiger partial charge in [-0.05, 0) is 5.69 Å². The maximum absolute atomic E-state index is 3.26. The van der Waals surface area contributed by atoms with E-state index >= 15 is 0 Å². The van der Waals surface area contributed by atoms with Crippen LogP contribution in [0.25, 0.3) is 0 Å². The first-order valence-electron chi connectivity index (χ1n) is 2.40. The molecule has 1 aromatic carbocycles. The molecule has 0 spiro atoms. The fourth-order valence-electron chi connectivity index (χ4n) is 0.496. The Balaban J connectivity index is -0.000000213. The minimum Gasteiger partial charge on any atom is -0.474 e. The second kappa shape index (κ2) is 15.8. The van der Waals surface area contributed by atoms with Crippen molar-refractivity contribution in [3.63, 3.8) is 0 Å². The number of nitrogens with two attached hydrogens (primary N) is 1. The predicted molar refractivity (Wildman–Crippen MR) is 35.2 cm³/mol. The van der Waals surface area contributed by atoms with Gasteiger partial charge in [0.05, 0.1) is 0 Å². The normalized spacial score (nSPS) is 6.64. The largest absolute Gasteiger partial charge is 1.00 e. The molecule has 0 atom stereocenters. The van der Waals surface area contributed by atoms with Gasteiger partial charge in [0.2, 0.25) is 0 Å². The van der Waals surface area contributed by atoms with E-state index in [1.165, 1.54) is 5.69 Å². The molecule has 0 bridgehead atoms. The van der Waals surface area contributed by atoms with E-state index in [0.29, 0.717) is 0 Å². The molecular formula is C6H7Cs3NP+2. The van der Waals surface area contributed by atoms with Crippen LogP contribution in [0.3, 0.4) is 0 Å². The van der Waals surface area contributed by atoms with Gasteiger partial charge in [0.15, 0.2) is 0 Å². The van der Waals surface area contributed by atoms with E-state index in [9.17, 15) is 0 Å². The molecule has 2 N–H and O–H groups in total. The van der Waals surface area contributed by atoms with Crippen LogP contribution in [-0.4, -0.2) is 0 Å². The summed E-state index contributed by atoms with van der Waals surface area (Å²) < 4.78 is 0. The number of hydrogen-bond donors (Lipinski definition) is 1. The van der Waals surface area contributed by atoms with E-state index in [1.54, 1.807) is 0 Å². The van der Waals surface area contributed by atoms with Gasteiger partial charge < -0.3 is 5.09 Å². The summed E-state index contributed by atoms with van der Waals surface area (Å²) in [4.78, 5) is 0. The summed E-state index contributed by atoms with van der Waals surface area (Å²) in [5.74, 6) is 0. The maximum Gasteiger partial charge on any atom is 1.00 e. The van der Waals surface area contributed by atoms with Crippen LogP contribution < -0.4 is 212 Å². The molecule has 1 nitrogen and oxygen atoms in total. The summed E-state index contributed by atoms with van der Waals surface area (Å²) >= 11 is 0. The summed E-state index contributed by atoms with van der Waals surface area (Å²) in [5, 5.41) is 1.87. The monoisotopic (exact) mass is 523 g/mol. The third-order valence-corrected chi connectivity index (χ3v) is 1.24. The number of quaternary nitrogens is 1. The topological polar surface area (TPSA) is 16.6 Å². The Bertz CT molecular complexity index is 159. The summed E-state index contributed by atoms with van der Waals surface area (Å²) in [6.07, 6.45) is 0. The first kappa shape index (κ1) is 22.0. The minimum atomic E-state index is 0. The Morgan fingerprint density at radius 1 is 1.09 bits per heavy atom. The van der Waals surface area contributed by atoms with Crippen LogP contribution in [0.2, 0.25) is 0 Å². The van der Waals surface area contributed by atoms with Gasteiger partial charge in [-0.2, -0.15) is 18.2 Å². The van der Waals surface area contributed by atoms with Crippen molar-refractivity contribution in [3.8, 4) is 0 Å². The Morgan fingerprint density at radius 2 is 1.55 bits per heavy atom. The van der Waals surface area contributed by atoms with Crippen molar-refractivity contribution >= 4 is 15.1 Å². The van der Waals surface area contributed by atoms with Crippen molar-refractivity contribution in [1.29, 1.82) is 0 Å². The van der Waals surface area contributed by atoms with Crippen molar-refractivity contribution in [2.24, 2.45) is 0 Å². The summed E-state index contributed by atoms with van der Waals surface area (Å²) in [6, 6.07) is 10.6. The first-order chi connectivity index (χ1) is 3.93. The molecule has 42 valence electrons. The molecular weight excluding hydrogens is 516 g/mol. The molecule has 0 aliphatic rings. The van der Waals surface area contributed by atoms with Crippen LogP contribution in [-0.2, 0) is 0 Å². The van der Waals surface area contributed by atoms with Crippen molar-refractivity contribution < 1.29 is 212 Å². The van der Waals surface area contributed by atoms with Gasteiger partial charge >= 0.3 is 207 Å². The molecule has 0 aliphatic carbocycles. The standard InChI is InChI=1S/C6H7NP.3Cs/c8-7-6-4-2-1-3-5-6;;;/h2-5,8H,7H2;;;/q-1;3*+1. The zero-order chi connectivity index (χ0) is 5.82. The molecule has 0 aromatic heterocycles. The van der Waals surface area contributed by atoms with Crippen LogP contribution in [0.15, 0.2) is 24.3 Å². The van der Waals surface area contributed by atoms with Crippen LogP contribution in [0.1, 0.15) is 0 Å². The Hall–Kier alpha value is 5.77. The molecule has 0 saturated heterocycles. The van der Waals surface area contributed by atoms with Gasteiger partial charge in [0.25, 0.3) is 0 Å². The number of rotatable bonds is 1. The first-order valence-corrected chi connectivity index (χ1v) is 2.98. The zero-order valence-corrected chi connectivity index (χ0v) is 27.2. The fraction of sp³-hybridized carbons (Fsp3) is 0. The summed E-state index contributed by atoms with van der Waals surface area (Å²) in [6.45, 7) is 0. The van der Waals surface area contributed by atoms with Crippen LogP contribution in [0, 0.1) is 6.07 Å². The smallest absolute Gasteiger partial charge is 0.474 e. The molecule has 0 unspecified atom stereocenters. The average molecular weight is 523 g/mol. The van der Waals surface area contributed by atoms with E-state index in [-0.39, 0.29) is 207 Å². The van der Waals surface area contributed by atoms with Gasteiger partial charge in [0.1, 0.15) is 0 Å². The maximum atomic E-state index is 3.26. The second-order valence-electron chi connectivity index (χ2n) is 1.48. The molecule has 1 rings (SSSR count). The third-order valence-electron chi connectivity index (χ3n) is 0.911. The molecule has 5 heteroatoms. The Labute approximate surface area is 247 Å². The van der Waals surface area contributed by atoms with Crippen molar-refractivity contribution in [2.45, 2.75) is 0 Å². The molecule has 0 fully saturated rings. The fourth-order valence-corrected chi connectivity index (χ4v) is 0.688. The molecule has 11 heavy (non-hydrogen) atoms. The summed E-state index contributed by atoms with van der Waals surface area (Å²) in [7, 11) is 3.26. The molecule has 1 aromatic rings. The molecule has 0 saturated carbocycles. The zero-order valence-electron chi connectivity index (χ0n) is 7.39. The third kappa shape index (κ3) is 12.0. The second-order valence-corrected chi connectivity index (χ2v) is 1.77. The molecule has 0 radical (unpaired) electrons. The van der Waals surface area contributed by atoms with E-state index in [1.807, 2.05) is 29.4 Å². The van der Waals surface area contributed by atoms with Crippen LogP contribution in [0.4, 0.5) is 5.69 Å². The predicted octanol–water partition coefficient (Wildman–Crippen LogP) is -8.25. The van der Waals surface area contributed by atoms with Crippen LogP contribution >= 0.6 is 9.39 Å².